The SMILES string of the molecule is CCC(CCCCOC(=O)C(O)C(O)C(=O)O)COC(=O)C(O)C(O)C(=O)O. The molecule has 5 unspecified atom stereocenters. The van der Waals surface area contributed by atoms with E-state index < -0.39 is 48.3 Å². The Balaban J connectivity index is 4.13. The fourth-order valence-corrected chi connectivity index (χ4v) is 2.01. The molecule has 12 heteroatoms. The average Bonchev–Trinajstić information content (AvgIpc) is 2.66. The Morgan fingerprint density at radius 3 is 1.64 bits per heavy atom. The maximum absolute atomic E-state index is 11.5. The number of carbonyl (C=O) groups is 4. The summed E-state index contributed by atoms with van der Waals surface area (Å²) in [4.78, 5) is 43.8. The lowest BCUT2D eigenvalue weighted by atomic mass is 10.0. The summed E-state index contributed by atoms with van der Waals surface area (Å²) < 4.78 is 9.44. The van der Waals surface area contributed by atoms with E-state index in [9.17, 15) is 29.4 Å². The summed E-state index contributed by atoms with van der Waals surface area (Å²) in [5.74, 6) is -6.17. The second-order valence-electron chi connectivity index (χ2n) is 6.02. The Morgan fingerprint density at radius 2 is 1.21 bits per heavy atom. The van der Waals surface area contributed by atoms with Crippen molar-refractivity contribution in [1.29, 1.82) is 0 Å². The maximum atomic E-state index is 11.5. The van der Waals surface area contributed by atoms with Crippen LogP contribution in [-0.2, 0) is 28.7 Å². The van der Waals surface area contributed by atoms with Gasteiger partial charge in [0.05, 0.1) is 13.2 Å². The zero-order chi connectivity index (χ0) is 21.9. The molecule has 12 nitrogen and oxygen atoms in total. The molecule has 0 spiro atoms. The van der Waals surface area contributed by atoms with E-state index in [0.29, 0.717) is 25.7 Å². The standard InChI is InChI=1S/C16H26O12/c1-2-8(7-28-16(26)12(20)10(18)14(23)24)5-3-4-6-27-15(25)11(19)9(17)13(21)22/h8-12,17-20H,2-7H2,1H3,(H,21,22)(H,23,24). The summed E-state index contributed by atoms with van der Waals surface area (Å²) in [5, 5.41) is 53.7. The summed E-state index contributed by atoms with van der Waals surface area (Å²) in [5.41, 5.74) is 0. The number of hydrogen-bond acceptors (Lipinski definition) is 10. The minimum Gasteiger partial charge on any atom is -0.479 e. The summed E-state index contributed by atoms with van der Waals surface area (Å²) in [7, 11) is 0. The molecule has 6 N–H and O–H groups in total. The summed E-state index contributed by atoms with van der Waals surface area (Å²) in [6.07, 6.45) is -6.95. The molecule has 0 aliphatic carbocycles. The van der Waals surface area contributed by atoms with Gasteiger partial charge in [-0.1, -0.05) is 13.3 Å². The first-order valence-electron chi connectivity index (χ1n) is 8.54. The van der Waals surface area contributed by atoms with E-state index in [1.54, 1.807) is 0 Å². The molecule has 0 saturated heterocycles. The molecule has 5 atom stereocenters. The van der Waals surface area contributed by atoms with Crippen LogP contribution in [0.3, 0.4) is 0 Å². The van der Waals surface area contributed by atoms with Crippen LogP contribution < -0.4 is 0 Å². The third-order valence-electron chi connectivity index (χ3n) is 3.88. The summed E-state index contributed by atoms with van der Waals surface area (Å²) in [6.45, 7) is 1.58. The predicted octanol–water partition coefficient (Wildman–Crippen LogP) is -2.12. The van der Waals surface area contributed by atoms with E-state index >= 15 is 0 Å². The van der Waals surface area contributed by atoms with Gasteiger partial charge in [-0.2, -0.15) is 0 Å². The van der Waals surface area contributed by atoms with Crippen molar-refractivity contribution in [2.24, 2.45) is 5.92 Å². The van der Waals surface area contributed by atoms with Crippen LogP contribution in [-0.4, -0.2) is 92.1 Å². The van der Waals surface area contributed by atoms with E-state index in [4.69, 9.17) is 25.2 Å². The fraction of sp³-hybridized carbons (Fsp3) is 0.750. The predicted molar refractivity (Wildman–Crippen MR) is 88.8 cm³/mol. The van der Waals surface area contributed by atoms with Crippen molar-refractivity contribution in [2.45, 2.75) is 57.0 Å². The number of carboxylic acids is 2. The monoisotopic (exact) mass is 410 g/mol. The van der Waals surface area contributed by atoms with Gasteiger partial charge in [0.2, 0.25) is 0 Å². The molecule has 0 bridgehead atoms. The topological polar surface area (TPSA) is 208 Å². The van der Waals surface area contributed by atoms with E-state index in [0.717, 1.165) is 0 Å². The van der Waals surface area contributed by atoms with Gasteiger partial charge in [-0.15, -0.1) is 0 Å². The Kier molecular flexibility index (Phi) is 11.9. The van der Waals surface area contributed by atoms with Crippen LogP contribution in [0.1, 0.15) is 32.6 Å². The Morgan fingerprint density at radius 1 is 0.750 bits per heavy atom. The number of unbranched alkanes of at least 4 members (excludes halogenated alkanes) is 1. The van der Waals surface area contributed by atoms with E-state index in [1.165, 1.54) is 0 Å². The fourth-order valence-electron chi connectivity index (χ4n) is 2.01. The van der Waals surface area contributed by atoms with Crippen molar-refractivity contribution in [3.8, 4) is 0 Å². The number of rotatable bonds is 14. The number of aliphatic carboxylic acids is 2. The number of hydrogen-bond donors (Lipinski definition) is 6. The van der Waals surface area contributed by atoms with Crippen LogP contribution in [0, 0.1) is 5.92 Å². The van der Waals surface area contributed by atoms with Crippen molar-refractivity contribution in [1.82, 2.24) is 0 Å². The van der Waals surface area contributed by atoms with Crippen molar-refractivity contribution >= 4 is 23.9 Å². The lowest BCUT2D eigenvalue weighted by Gasteiger charge is -2.18. The Bertz CT molecular complexity index is 534. The van der Waals surface area contributed by atoms with Gasteiger partial charge in [-0.25, -0.2) is 19.2 Å². The maximum Gasteiger partial charge on any atom is 0.338 e. The van der Waals surface area contributed by atoms with Crippen molar-refractivity contribution < 1.29 is 59.3 Å². The highest BCUT2D eigenvalue weighted by molar-refractivity contribution is 5.84. The number of ether oxygens (including phenoxy) is 2. The van der Waals surface area contributed by atoms with Crippen molar-refractivity contribution in [3.63, 3.8) is 0 Å². The molecular formula is C16H26O12. The van der Waals surface area contributed by atoms with Crippen LogP contribution in [0.2, 0.25) is 0 Å². The molecule has 28 heavy (non-hydrogen) atoms. The van der Waals surface area contributed by atoms with Gasteiger partial charge >= 0.3 is 23.9 Å². The van der Waals surface area contributed by atoms with E-state index in [-0.39, 0.29) is 19.1 Å². The Labute approximate surface area is 160 Å². The molecule has 0 aromatic heterocycles. The number of esters is 2. The smallest absolute Gasteiger partial charge is 0.338 e. The highest BCUT2D eigenvalue weighted by Gasteiger charge is 2.32. The third-order valence-corrected chi connectivity index (χ3v) is 3.88. The van der Waals surface area contributed by atoms with E-state index in [1.807, 2.05) is 6.92 Å². The Hall–Kier alpha value is -2.28. The zero-order valence-electron chi connectivity index (χ0n) is 15.3. The second kappa shape index (κ2) is 13.0. The molecule has 0 aromatic carbocycles. The van der Waals surface area contributed by atoms with Crippen LogP contribution in [0.25, 0.3) is 0 Å². The van der Waals surface area contributed by atoms with Crippen LogP contribution in [0.15, 0.2) is 0 Å². The quantitative estimate of drug-likeness (QED) is 0.134. The number of carbonyl (C=O) groups excluding carboxylic acids is 2. The largest absolute Gasteiger partial charge is 0.479 e. The first-order chi connectivity index (χ1) is 13.0. The summed E-state index contributed by atoms with van der Waals surface area (Å²) >= 11 is 0. The normalized spacial score (nSPS) is 16.3. The average molecular weight is 410 g/mol. The lowest BCUT2D eigenvalue weighted by molar-refractivity contribution is -0.170. The molecule has 0 aliphatic rings. The molecule has 0 radical (unpaired) electrons. The van der Waals surface area contributed by atoms with Gasteiger partial charge in [0.25, 0.3) is 0 Å². The molecule has 0 saturated carbocycles. The van der Waals surface area contributed by atoms with Gasteiger partial charge in [0, 0.05) is 0 Å². The molecule has 0 fully saturated rings. The lowest BCUT2D eigenvalue weighted by Crippen LogP contribution is -2.41. The van der Waals surface area contributed by atoms with Crippen LogP contribution in [0.4, 0.5) is 0 Å². The minimum absolute atomic E-state index is 0.109. The molecular weight excluding hydrogens is 384 g/mol. The van der Waals surface area contributed by atoms with E-state index in [2.05, 4.69) is 4.74 Å². The van der Waals surface area contributed by atoms with Crippen LogP contribution in [0.5, 0.6) is 0 Å². The highest BCUT2D eigenvalue weighted by Crippen LogP contribution is 2.14. The highest BCUT2D eigenvalue weighted by atomic mass is 16.6. The van der Waals surface area contributed by atoms with Gasteiger partial charge in [-0.3, -0.25) is 0 Å². The molecule has 0 rings (SSSR count). The molecule has 0 amide bonds. The first-order valence-corrected chi connectivity index (χ1v) is 8.54. The molecule has 0 aromatic rings. The number of carboxylic acid groups (broad SMARTS) is 2. The molecule has 0 aliphatic heterocycles. The van der Waals surface area contributed by atoms with Gasteiger partial charge in [-0.05, 0) is 25.2 Å². The second-order valence-corrected chi connectivity index (χ2v) is 6.02. The molecule has 162 valence electrons. The van der Waals surface area contributed by atoms with Gasteiger partial charge in [0.1, 0.15) is 0 Å². The number of aliphatic hydroxyl groups is 4. The number of aliphatic hydroxyl groups excluding tert-OH is 4. The van der Waals surface area contributed by atoms with Gasteiger partial charge in [0.15, 0.2) is 24.4 Å². The van der Waals surface area contributed by atoms with Gasteiger partial charge < -0.3 is 40.1 Å². The van der Waals surface area contributed by atoms with Crippen LogP contribution >= 0.6 is 0 Å². The first kappa shape index (κ1) is 25.7. The summed E-state index contributed by atoms with van der Waals surface area (Å²) in [6, 6.07) is 0. The zero-order valence-corrected chi connectivity index (χ0v) is 15.3. The van der Waals surface area contributed by atoms with Crippen molar-refractivity contribution in [3.05, 3.63) is 0 Å². The molecule has 0 heterocycles. The minimum atomic E-state index is -2.28. The third kappa shape index (κ3) is 9.08. The van der Waals surface area contributed by atoms with Crippen molar-refractivity contribution in [2.75, 3.05) is 13.2 Å².